The Morgan fingerprint density at radius 1 is 0.842 bits per heavy atom. The van der Waals surface area contributed by atoms with Gasteiger partial charge in [0.25, 0.3) is 5.01 Å². The third kappa shape index (κ3) is 6.50. The second-order valence-corrected chi connectivity index (χ2v) is 11.1. The summed E-state index contributed by atoms with van der Waals surface area (Å²) in [5, 5.41) is 8.72. The molecule has 1 aliphatic rings. The SMILES string of the molecule is CCC(=Cc1sc2ccccc2[n+]1CC)C=C1Nc2ccccc2S1.CCc1ccc2ccccc2c1.[I-]. The maximum absolute atomic E-state index is 3.52. The fourth-order valence-corrected chi connectivity index (χ4v) is 6.71. The number of hydrogen-bond acceptors (Lipinski definition) is 3. The van der Waals surface area contributed by atoms with E-state index >= 15 is 0 Å². The van der Waals surface area contributed by atoms with Crippen molar-refractivity contribution in [1.82, 2.24) is 0 Å². The first kappa shape index (κ1) is 28.4. The quantitative estimate of drug-likeness (QED) is 0.174. The topological polar surface area (TPSA) is 15.9 Å². The monoisotopic (exact) mass is 648 g/mol. The number of allylic oxidation sites excluding steroid dienone is 2. The Morgan fingerprint density at radius 2 is 1.58 bits per heavy atom. The van der Waals surface area contributed by atoms with E-state index in [0.29, 0.717) is 0 Å². The lowest BCUT2D eigenvalue weighted by Crippen LogP contribution is -3.00. The van der Waals surface area contributed by atoms with Crippen molar-refractivity contribution in [2.75, 3.05) is 5.32 Å². The van der Waals surface area contributed by atoms with Crippen LogP contribution in [0.4, 0.5) is 5.69 Å². The molecule has 0 saturated carbocycles. The van der Waals surface area contributed by atoms with Crippen molar-refractivity contribution in [1.29, 1.82) is 0 Å². The number of aryl methyl sites for hydroxylation is 2. The smallest absolute Gasteiger partial charge is 0.263 e. The predicted molar refractivity (Wildman–Crippen MR) is 163 cm³/mol. The molecule has 0 amide bonds. The van der Waals surface area contributed by atoms with Gasteiger partial charge in [0.05, 0.1) is 10.7 Å². The fourth-order valence-electron chi connectivity index (χ4n) is 4.52. The Labute approximate surface area is 251 Å². The molecular weight excluding hydrogens is 615 g/mol. The summed E-state index contributed by atoms with van der Waals surface area (Å²) < 4.78 is 3.75. The van der Waals surface area contributed by atoms with E-state index in [2.05, 4.69) is 134 Å². The Kier molecular flexibility index (Phi) is 10.1. The molecule has 0 atom stereocenters. The van der Waals surface area contributed by atoms with E-state index in [4.69, 9.17) is 0 Å². The zero-order valence-corrected chi connectivity index (χ0v) is 25.9. The van der Waals surface area contributed by atoms with Crippen molar-refractivity contribution >= 4 is 55.9 Å². The summed E-state index contributed by atoms with van der Waals surface area (Å²) in [7, 11) is 0. The highest BCUT2D eigenvalue weighted by Crippen LogP contribution is 2.41. The van der Waals surface area contributed by atoms with E-state index in [1.807, 2.05) is 23.1 Å². The molecule has 4 aromatic carbocycles. The minimum Gasteiger partial charge on any atom is -1.00 e. The summed E-state index contributed by atoms with van der Waals surface area (Å²) in [4.78, 5) is 1.30. The molecule has 194 valence electrons. The number of thioether (sulfide) groups is 1. The number of halogens is 1. The molecule has 6 rings (SSSR count). The number of benzene rings is 4. The minimum absolute atomic E-state index is 0. The molecule has 0 spiro atoms. The first-order valence-corrected chi connectivity index (χ1v) is 14.7. The molecule has 0 aliphatic carbocycles. The fraction of sp³-hybridized carbons (Fsp3) is 0.182. The maximum Gasteiger partial charge on any atom is 0.263 e. The molecule has 0 saturated heterocycles. The third-order valence-electron chi connectivity index (χ3n) is 6.57. The van der Waals surface area contributed by atoms with Crippen LogP contribution in [0.25, 0.3) is 27.1 Å². The number of aromatic nitrogens is 1. The van der Waals surface area contributed by atoms with Crippen LogP contribution in [-0.2, 0) is 13.0 Å². The van der Waals surface area contributed by atoms with E-state index in [9.17, 15) is 0 Å². The molecule has 1 aliphatic heterocycles. The van der Waals surface area contributed by atoms with Gasteiger partial charge in [0.1, 0.15) is 11.2 Å². The molecule has 0 unspecified atom stereocenters. The van der Waals surface area contributed by atoms with Gasteiger partial charge in [0, 0.05) is 17.0 Å². The van der Waals surface area contributed by atoms with E-state index in [1.54, 1.807) is 0 Å². The molecule has 38 heavy (non-hydrogen) atoms. The van der Waals surface area contributed by atoms with Crippen LogP contribution in [0.1, 0.15) is 37.8 Å². The number of nitrogens with one attached hydrogen (secondary N) is 1. The molecule has 0 fully saturated rings. The normalized spacial score (nSPS) is 13.6. The maximum atomic E-state index is 3.52. The molecule has 5 aromatic rings. The van der Waals surface area contributed by atoms with Crippen LogP contribution in [-0.4, -0.2) is 0 Å². The highest BCUT2D eigenvalue weighted by atomic mass is 127. The van der Waals surface area contributed by atoms with Gasteiger partial charge < -0.3 is 29.3 Å². The van der Waals surface area contributed by atoms with Crippen molar-refractivity contribution in [3.05, 3.63) is 118 Å². The summed E-state index contributed by atoms with van der Waals surface area (Å²) in [6.07, 6.45) is 6.76. The van der Waals surface area contributed by atoms with Crippen LogP contribution in [0.2, 0.25) is 0 Å². The van der Waals surface area contributed by atoms with Crippen molar-refractivity contribution < 1.29 is 28.5 Å². The second kappa shape index (κ2) is 13.5. The number of hydrogen-bond donors (Lipinski definition) is 1. The number of nitrogens with zero attached hydrogens (tertiary/aromatic N) is 1. The van der Waals surface area contributed by atoms with Gasteiger partial charge in [-0.2, -0.15) is 4.57 Å². The van der Waals surface area contributed by atoms with Crippen molar-refractivity contribution in [2.45, 2.75) is 45.1 Å². The molecule has 0 radical (unpaired) electrons. The lowest BCUT2D eigenvalue weighted by molar-refractivity contribution is -0.665. The zero-order valence-electron chi connectivity index (χ0n) is 22.1. The second-order valence-electron chi connectivity index (χ2n) is 8.99. The van der Waals surface area contributed by atoms with Crippen LogP contribution in [0, 0.1) is 0 Å². The number of rotatable bonds is 5. The van der Waals surface area contributed by atoms with Crippen LogP contribution < -0.4 is 33.9 Å². The lowest BCUT2D eigenvalue weighted by atomic mass is 10.1. The van der Waals surface area contributed by atoms with Crippen LogP contribution in [0.5, 0.6) is 0 Å². The number of para-hydroxylation sites is 2. The van der Waals surface area contributed by atoms with Gasteiger partial charge in [-0.1, -0.05) is 104 Å². The summed E-state index contributed by atoms with van der Waals surface area (Å²) in [6, 6.07) is 32.2. The lowest BCUT2D eigenvalue weighted by Gasteiger charge is -2.01. The van der Waals surface area contributed by atoms with E-state index in [-0.39, 0.29) is 24.0 Å². The number of thiazole rings is 1. The Bertz CT molecular complexity index is 1570. The number of fused-ring (bicyclic) bond motifs is 3. The Morgan fingerprint density at radius 3 is 2.34 bits per heavy atom. The number of anilines is 1. The van der Waals surface area contributed by atoms with Gasteiger partial charge in [0.15, 0.2) is 0 Å². The molecule has 1 N–H and O–H groups in total. The first-order chi connectivity index (χ1) is 18.2. The van der Waals surface area contributed by atoms with Gasteiger partial charge >= 0.3 is 0 Å². The summed E-state index contributed by atoms with van der Waals surface area (Å²) in [5.74, 6) is 0. The summed E-state index contributed by atoms with van der Waals surface area (Å²) in [6.45, 7) is 7.61. The average molecular weight is 649 g/mol. The van der Waals surface area contributed by atoms with E-state index < -0.39 is 0 Å². The first-order valence-electron chi connectivity index (χ1n) is 13.0. The van der Waals surface area contributed by atoms with Crippen LogP contribution in [0.3, 0.4) is 0 Å². The Hall–Kier alpha value is -2.61. The van der Waals surface area contributed by atoms with Gasteiger partial charge in [-0.25, -0.2) is 0 Å². The molecule has 0 bridgehead atoms. The summed E-state index contributed by atoms with van der Waals surface area (Å²) >= 11 is 3.68. The molecule has 5 heteroatoms. The highest BCUT2D eigenvalue weighted by Gasteiger charge is 2.18. The molecule has 2 heterocycles. The molecule has 2 nitrogen and oxygen atoms in total. The van der Waals surface area contributed by atoms with E-state index in [0.717, 1.165) is 19.4 Å². The summed E-state index contributed by atoms with van der Waals surface area (Å²) in [5.41, 5.74) is 5.29. The van der Waals surface area contributed by atoms with Crippen LogP contribution >= 0.6 is 23.1 Å². The predicted octanol–water partition coefficient (Wildman–Crippen LogP) is 6.47. The van der Waals surface area contributed by atoms with Crippen molar-refractivity contribution in [3.8, 4) is 0 Å². The van der Waals surface area contributed by atoms with Gasteiger partial charge in [-0.15, -0.1) is 0 Å². The van der Waals surface area contributed by atoms with Crippen LogP contribution in [0.15, 0.2) is 113 Å². The standard InChI is InChI=1S/C21H20N2S2.C12H12.HI/c1-3-15(13-20-22-16-9-5-7-11-18(16)24-20)14-21-23(4-2)17-10-6-8-12-19(17)25-21;1-2-10-7-8-11-5-3-4-6-12(11)9-10;/h5-14H,3-4H2,1-2H3;3-9H,2H2,1H3;1H. The molecular formula is C33H33IN2S2. The van der Waals surface area contributed by atoms with Gasteiger partial charge in [-0.05, 0) is 65.9 Å². The average Bonchev–Trinajstić information content (AvgIpc) is 3.52. The largest absolute Gasteiger partial charge is 1.00 e. The van der Waals surface area contributed by atoms with E-state index in [1.165, 1.54) is 52.7 Å². The highest BCUT2D eigenvalue weighted by molar-refractivity contribution is 8.03. The third-order valence-corrected chi connectivity index (χ3v) is 8.70. The van der Waals surface area contributed by atoms with Crippen molar-refractivity contribution in [2.24, 2.45) is 0 Å². The van der Waals surface area contributed by atoms with Crippen molar-refractivity contribution in [3.63, 3.8) is 0 Å². The minimum atomic E-state index is 0. The van der Waals surface area contributed by atoms with Gasteiger partial charge in [0.2, 0.25) is 5.52 Å². The van der Waals surface area contributed by atoms with Gasteiger partial charge in [-0.3, -0.25) is 0 Å². The Balaban J connectivity index is 0.000000218. The zero-order chi connectivity index (χ0) is 25.6. The molecule has 1 aromatic heterocycles.